The molecule has 7 heteroatoms. The van der Waals surface area contributed by atoms with E-state index in [1.807, 2.05) is 30.3 Å². The van der Waals surface area contributed by atoms with Crippen LogP contribution in [-0.2, 0) is 14.4 Å². The van der Waals surface area contributed by atoms with E-state index in [1.54, 1.807) is 9.80 Å². The van der Waals surface area contributed by atoms with Gasteiger partial charge in [0.2, 0.25) is 11.8 Å². The maximum Gasteiger partial charge on any atom is 0.308 e. The van der Waals surface area contributed by atoms with Crippen LogP contribution in [-0.4, -0.2) is 65.5 Å². The molecule has 0 saturated carbocycles. The third-order valence-electron chi connectivity index (χ3n) is 5.30. The quantitative estimate of drug-likeness (QED) is 0.818. The molecule has 7 nitrogen and oxygen atoms in total. The van der Waals surface area contributed by atoms with Gasteiger partial charge in [-0.05, 0) is 31.4 Å². The standard InChI is InChI=1S/C20H26N2O5/c23-18(9-12-27-17-6-2-1-3-7-17)21-10-4-5-15(13-21)19(24)22-11-8-16(14-22)20(25)26/h1-3,6-7,15-16H,4-5,8-14H2,(H,25,26). The summed E-state index contributed by atoms with van der Waals surface area (Å²) >= 11 is 0. The minimum atomic E-state index is -0.843. The van der Waals surface area contributed by atoms with Crippen molar-refractivity contribution in [1.29, 1.82) is 0 Å². The number of hydrogen-bond acceptors (Lipinski definition) is 4. The Morgan fingerprint density at radius 1 is 1.00 bits per heavy atom. The lowest BCUT2D eigenvalue weighted by molar-refractivity contribution is -0.142. The SMILES string of the molecule is O=C(O)C1CCN(C(=O)C2CCCN(C(=O)CCOc3ccccc3)C2)C1. The Morgan fingerprint density at radius 2 is 1.74 bits per heavy atom. The Morgan fingerprint density at radius 3 is 2.44 bits per heavy atom. The number of benzene rings is 1. The number of rotatable bonds is 6. The maximum absolute atomic E-state index is 12.7. The van der Waals surface area contributed by atoms with Crippen LogP contribution in [0.1, 0.15) is 25.7 Å². The van der Waals surface area contributed by atoms with Crippen LogP contribution in [0.4, 0.5) is 0 Å². The normalized spacial score (nSPS) is 22.5. The summed E-state index contributed by atoms with van der Waals surface area (Å²) in [5, 5.41) is 9.10. The number of hydrogen-bond donors (Lipinski definition) is 1. The summed E-state index contributed by atoms with van der Waals surface area (Å²) in [5.41, 5.74) is 0. The van der Waals surface area contributed by atoms with Gasteiger partial charge in [-0.15, -0.1) is 0 Å². The van der Waals surface area contributed by atoms with Crippen molar-refractivity contribution in [2.24, 2.45) is 11.8 Å². The fourth-order valence-corrected chi connectivity index (χ4v) is 3.76. The van der Waals surface area contributed by atoms with Gasteiger partial charge in [-0.2, -0.15) is 0 Å². The molecule has 0 radical (unpaired) electrons. The van der Waals surface area contributed by atoms with E-state index in [0.29, 0.717) is 32.7 Å². The predicted octanol–water partition coefficient (Wildman–Crippen LogP) is 1.63. The van der Waals surface area contributed by atoms with Gasteiger partial charge in [0.25, 0.3) is 0 Å². The molecule has 2 aliphatic heterocycles. The molecule has 0 aliphatic carbocycles. The molecule has 0 spiro atoms. The van der Waals surface area contributed by atoms with Crippen LogP contribution < -0.4 is 4.74 Å². The molecular weight excluding hydrogens is 348 g/mol. The average molecular weight is 374 g/mol. The first-order valence-electron chi connectivity index (χ1n) is 9.52. The monoisotopic (exact) mass is 374 g/mol. The number of piperidine rings is 1. The number of aliphatic carboxylic acids is 1. The zero-order chi connectivity index (χ0) is 19.2. The molecule has 1 N–H and O–H groups in total. The van der Waals surface area contributed by atoms with Crippen LogP contribution in [0.2, 0.25) is 0 Å². The van der Waals surface area contributed by atoms with Crippen molar-refractivity contribution >= 4 is 17.8 Å². The number of amides is 2. The zero-order valence-electron chi connectivity index (χ0n) is 15.4. The van der Waals surface area contributed by atoms with E-state index in [4.69, 9.17) is 9.84 Å². The van der Waals surface area contributed by atoms with Gasteiger partial charge in [0.15, 0.2) is 0 Å². The van der Waals surface area contributed by atoms with Crippen molar-refractivity contribution < 1.29 is 24.2 Å². The van der Waals surface area contributed by atoms with Crippen molar-refractivity contribution in [3.05, 3.63) is 30.3 Å². The number of para-hydroxylation sites is 1. The highest BCUT2D eigenvalue weighted by molar-refractivity contribution is 5.82. The Bertz CT molecular complexity index is 678. The average Bonchev–Trinajstić information content (AvgIpc) is 3.19. The van der Waals surface area contributed by atoms with E-state index in [-0.39, 0.29) is 30.7 Å². The fraction of sp³-hybridized carbons (Fsp3) is 0.550. The molecule has 27 heavy (non-hydrogen) atoms. The molecule has 2 heterocycles. The summed E-state index contributed by atoms with van der Waals surface area (Å²) in [7, 11) is 0. The summed E-state index contributed by atoms with van der Waals surface area (Å²) in [4.78, 5) is 39.6. The van der Waals surface area contributed by atoms with Gasteiger partial charge in [-0.25, -0.2) is 0 Å². The van der Waals surface area contributed by atoms with Crippen molar-refractivity contribution in [1.82, 2.24) is 9.80 Å². The fourth-order valence-electron chi connectivity index (χ4n) is 3.76. The first kappa shape index (κ1) is 19.2. The summed E-state index contributed by atoms with van der Waals surface area (Å²) in [5.74, 6) is -0.830. The van der Waals surface area contributed by atoms with E-state index >= 15 is 0 Å². The van der Waals surface area contributed by atoms with E-state index < -0.39 is 11.9 Å². The second kappa shape index (κ2) is 8.88. The molecule has 2 saturated heterocycles. The maximum atomic E-state index is 12.7. The summed E-state index contributed by atoms with van der Waals surface area (Å²) < 4.78 is 5.58. The van der Waals surface area contributed by atoms with E-state index in [0.717, 1.165) is 18.6 Å². The van der Waals surface area contributed by atoms with Gasteiger partial charge in [-0.3, -0.25) is 14.4 Å². The van der Waals surface area contributed by atoms with Crippen LogP contribution in [0.5, 0.6) is 5.75 Å². The van der Waals surface area contributed by atoms with Crippen molar-refractivity contribution in [3.8, 4) is 5.75 Å². The molecule has 2 fully saturated rings. The number of carbonyl (C=O) groups is 3. The number of carbonyl (C=O) groups excluding carboxylic acids is 2. The van der Waals surface area contributed by atoms with Gasteiger partial charge in [0, 0.05) is 26.2 Å². The number of likely N-dealkylation sites (tertiary alicyclic amines) is 2. The number of ether oxygens (including phenoxy) is 1. The van der Waals surface area contributed by atoms with Crippen molar-refractivity contribution in [3.63, 3.8) is 0 Å². The predicted molar refractivity (Wildman–Crippen MR) is 98.2 cm³/mol. The summed E-state index contributed by atoms with van der Waals surface area (Å²) in [6.07, 6.45) is 2.32. The van der Waals surface area contributed by atoms with Crippen LogP contribution >= 0.6 is 0 Å². The van der Waals surface area contributed by atoms with Gasteiger partial charge < -0.3 is 19.6 Å². The number of carboxylic acid groups (broad SMARTS) is 1. The summed E-state index contributed by atoms with van der Waals surface area (Å²) in [6.45, 7) is 2.15. The smallest absolute Gasteiger partial charge is 0.308 e. The molecule has 2 aliphatic rings. The molecule has 1 aromatic rings. The first-order chi connectivity index (χ1) is 13.0. The van der Waals surface area contributed by atoms with Gasteiger partial charge in [-0.1, -0.05) is 18.2 Å². The number of carboxylic acids is 1. The highest BCUT2D eigenvalue weighted by atomic mass is 16.5. The molecule has 2 unspecified atom stereocenters. The molecule has 2 atom stereocenters. The van der Waals surface area contributed by atoms with Gasteiger partial charge >= 0.3 is 5.97 Å². The van der Waals surface area contributed by atoms with Crippen molar-refractivity contribution in [2.45, 2.75) is 25.7 Å². The first-order valence-corrected chi connectivity index (χ1v) is 9.52. The lowest BCUT2D eigenvalue weighted by Crippen LogP contribution is -2.46. The minimum absolute atomic E-state index is 0.00624. The molecule has 1 aromatic carbocycles. The molecule has 0 bridgehead atoms. The van der Waals surface area contributed by atoms with Crippen LogP contribution in [0.15, 0.2) is 30.3 Å². The molecule has 2 amide bonds. The molecule has 0 aromatic heterocycles. The van der Waals surface area contributed by atoms with Crippen molar-refractivity contribution in [2.75, 3.05) is 32.8 Å². The van der Waals surface area contributed by atoms with E-state index in [2.05, 4.69) is 0 Å². The zero-order valence-corrected chi connectivity index (χ0v) is 15.4. The van der Waals surface area contributed by atoms with Gasteiger partial charge in [0.1, 0.15) is 5.75 Å². The minimum Gasteiger partial charge on any atom is -0.493 e. The topological polar surface area (TPSA) is 87.2 Å². The largest absolute Gasteiger partial charge is 0.493 e. The van der Waals surface area contributed by atoms with Crippen LogP contribution in [0.25, 0.3) is 0 Å². The van der Waals surface area contributed by atoms with Crippen LogP contribution in [0, 0.1) is 11.8 Å². The van der Waals surface area contributed by atoms with E-state index in [9.17, 15) is 14.4 Å². The summed E-state index contributed by atoms with van der Waals surface area (Å²) in [6, 6.07) is 9.36. The molecular formula is C20H26N2O5. The second-order valence-electron chi connectivity index (χ2n) is 7.20. The Hall–Kier alpha value is -2.57. The lowest BCUT2D eigenvalue weighted by Gasteiger charge is -2.34. The Kier molecular flexibility index (Phi) is 6.32. The molecule has 3 rings (SSSR count). The van der Waals surface area contributed by atoms with Gasteiger partial charge in [0.05, 0.1) is 24.9 Å². The van der Waals surface area contributed by atoms with Crippen LogP contribution in [0.3, 0.4) is 0 Å². The number of nitrogens with zero attached hydrogens (tertiary/aromatic N) is 2. The Labute approximate surface area is 158 Å². The highest BCUT2D eigenvalue weighted by Crippen LogP contribution is 2.24. The lowest BCUT2D eigenvalue weighted by atomic mass is 9.96. The second-order valence-corrected chi connectivity index (χ2v) is 7.20. The van der Waals surface area contributed by atoms with E-state index in [1.165, 1.54) is 0 Å². The highest BCUT2D eigenvalue weighted by Gasteiger charge is 2.36. The third kappa shape index (κ3) is 4.99. The third-order valence-corrected chi connectivity index (χ3v) is 5.30. The molecule has 146 valence electrons. The Balaban J connectivity index is 1.46.